The Labute approximate surface area is 546 Å². The molecule has 2 aliphatic rings. The molecule has 8 bridgehead atoms. The Balaban J connectivity index is 0.00000529. The van der Waals surface area contributed by atoms with Crippen molar-refractivity contribution in [3.05, 3.63) is 166 Å². The number of rotatable bonds is 30. The normalized spacial score (nSPS) is 12.0. The molecule has 12 heteroatoms. The molecule has 10 nitrogen and oxygen atoms in total. The molecule has 0 amide bonds. The van der Waals surface area contributed by atoms with Gasteiger partial charge in [-0.25, -0.2) is 9.97 Å². The van der Waals surface area contributed by atoms with Crippen LogP contribution in [0.25, 0.3) is 68.6 Å². The number of carbonyl (C=O) groups is 2. The van der Waals surface area contributed by atoms with Crippen LogP contribution in [0.4, 0.5) is 11.4 Å². The van der Waals surface area contributed by atoms with Gasteiger partial charge in [0.15, 0.2) is 11.6 Å². The quantitative estimate of drug-likeness (QED) is 0.0201. The molecule has 3 aromatic heterocycles. The van der Waals surface area contributed by atoms with E-state index in [2.05, 4.69) is 139 Å². The summed E-state index contributed by atoms with van der Waals surface area (Å²) in [4.78, 5) is 48.2. The monoisotopic (exact) mass is 1380 g/mol. The van der Waals surface area contributed by atoms with Gasteiger partial charge in [-0.1, -0.05) is 152 Å². The second kappa shape index (κ2) is 32.2. The Hall–Kier alpha value is -6.20. The molecule has 0 saturated carbocycles. The van der Waals surface area contributed by atoms with E-state index in [-0.39, 0.29) is 72.4 Å². The average Bonchev–Trinajstić information content (AvgIpc) is 1.82. The number of nitrogens with zero attached hydrogens (tertiary/aromatic N) is 4. The van der Waals surface area contributed by atoms with Crippen LogP contribution in [0.5, 0.6) is 11.5 Å². The molecule has 0 atom stereocenters. The number of Topliss-reactive ketones (excluding diaryl/α,β-unsaturated/α-hetero) is 2. The molecule has 7 aromatic rings. The Kier molecular flexibility index (Phi) is 25.2. The number of hydrogen-bond acceptors (Lipinski definition) is 6. The van der Waals surface area contributed by atoms with Crippen LogP contribution in [0.3, 0.4) is 0 Å². The highest BCUT2D eigenvalue weighted by atomic mass is 127. The third-order valence-electron chi connectivity index (χ3n) is 16.3. The largest absolute Gasteiger partial charge is 1.00 e. The zero-order valence-electron chi connectivity index (χ0n) is 52.2. The lowest BCUT2D eigenvalue weighted by Gasteiger charge is -2.23. The predicted octanol–water partition coefficient (Wildman–Crippen LogP) is 12.3. The lowest BCUT2D eigenvalue weighted by Crippen LogP contribution is -3.00. The fourth-order valence-corrected chi connectivity index (χ4v) is 11.4. The summed E-state index contributed by atoms with van der Waals surface area (Å²) in [6, 6.07) is 40.8. The molecule has 86 heavy (non-hydrogen) atoms. The van der Waals surface area contributed by atoms with Gasteiger partial charge in [0.05, 0.1) is 78.3 Å². The minimum absolute atomic E-state index is 0. The van der Waals surface area contributed by atoms with Crippen molar-refractivity contribution in [2.75, 3.05) is 55.5 Å². The van der Waals surface area contributed by atoms with Crippen LogP contribution < -0.4 is 66.4 Å². The Morgan fingerprint density at radius 1 is 0.407 bits per heavy atom. The van der Waals surface area contributed by atoms with Gasteiger partial charge < -0.3 is 67.4 Å². The van der Waals surface area contributed by atoms with E-state index in [1.54, 1.807) is 0 Å². The van der Waals surface area contributed by atoms with Crippen molar-refractivity contribution in [1.29, 1.82) is 0 Å². The summed E-state index contributed by atoms with van der Waals surface area (Å²) in [7, 11) is 12.7. The standard InChI is InChI=1S/C74H90N6O4.2HI/c1-9-11-13-15-17-19-21-23-45-83-59-35-27-31-55(49-59)73-67-41-37-63(75-67)61(51-71(81)53-29-25-33-57(47-53)79(3,4)5)65-39-43-69(77-65)74(56-32-28-36-60(50-56)84-46-24-22-20-18-16-14-12-10-2)70-44-40-66(78-70)62(64-38-42-68(73)76-64)52-72(82)54-30-26-34-58(48-54)80(6,7)8;;/h25-44,47-50,75,78H,9-24,45-46,51-52H2,1-8H3;2*1H/q+2;;/p-2. The summed E-state index contributed by atoms with van der Waals surface area (Å²) in [5.74, 6) is 1.56. The van der Waals surface area contributed by atoms with Gasteiger partial charge in [0.1, 0.15) is 22.9 Å². The minimum Gasteiger partial charge on any atom is -1.00 e. The highest BCUT2D eigenvalue weighted by Crippen LogP contribution is 2.37. The molecule has 0 saturated heterocycles. The molecule has 454 valence electrons. The second-order valence-corrected chi connectivity index (χ2v) is 24.7. The zero-order chi connectivity index (χ0) is 59.1. The molecule has 2 N–H and O–H groups in total. The first kappa shape index (κ1) is 67.3. The Morgan fingerprint density at radius 2 is 0.756 bits per heavy atom. The van der Waals surface area contributed by atoms with E-state index in [9.17, 15) is 9.59 Å². The van der Waals surface area contributed by atoms with Crippen molar-refractivity contribution < 1.29 is 67.0 Å². The molecule has 2 aliphatic heterocycles. The van der Waals surface area contributed by atoms with Crippen LogP contribution in [0.15, 0.2) is 121 Å². The fourth-order valence-electron chi connectivity index (χ4n) is 11.4. The number of ether oxygens (including phenoxy) is 2. The summed E-state index contributed by atoms with van der Waals surface area (Å²) in [6.07, 6.45) is 28.0. The topological polar surface area (TPSA) is 110 Å². The molecular weight excluding hydrogens is 1290 g/mol. The van der Waals surface area contributed by atoms with Gasteiger partial charge in [-0.2, -0.15) is 0 Å². The average molecular weight is 1380 g/mol. The van der Waals surface area contributed by atoms with Crippen molar-refractivity contribution in [2.24, 2.45) is 0 Å². The lowest BCUT2D eigenvalue weighted by molar-refractivity contribution is -0.001000. The number of aromatic amines is 2. The molecular formula is C74H90I2N6O4. The van der Waals surface area contributed by atoms with E-state index in [1.165, 1.54) is 77.0 Å². The molecule has 0 aliphatic carbocycles. The number of H-pyrrole nitrogens is 2. The maximum Gasteiger partial charge on any atom is 0.167 e. The molecule has 4 aromatic carbocycles. The number of halogens is 2. The number of fused-ring (bicyclic) bond motifs is 8. The van der Waals surface area contributed by atoms with Crippen molar-refractivity contribution >= 4 is 69.3 Å². The number of aromatic nitrogens is 4. The SMILES string of the molecule is CCCCCCCCCCOc1cccc(-c2c3nc(c(CC(=O)c4cccc([N+](C)(C)C)c4)c4ccc([nH]4)c(-c4cccc(OCCCCCCCCCC)c4)c4nc(c(CC(=O)c5cccc([N+](C)(C)C)c5)c5ccc2[nH]5)C=C4)C=C3)c1.[I-].[I-]. The van der Waals surface area contributed by atoms with Gasteiger partial charge in [0, 0.05) is 80.4 Å². The van der Waals surface area contributed by atoms with Crippen LogP contribution in [0, 0.1) is 0 Å². The lowest BCUT2D eigenvalue weighted by atomic mass is 10.0. The second-order valence-electron chi connectivity index (χ2n) is 24.7. The fraction of sp³-hybridized carbons (Fsp3) is 0.378. The van der Waals surface area contributed by atoms with E-state index in [0.29, 0.717) is 44.7 Å². The van der Waals surface area contributed by atoms with E-state index in [1.807, 2.05) is 72.8 Å². The maximum absolute atomic E-state index is 14.8. The number of carbonyl (C=O) groups excluding carboxylic acids is 2. The Bertz CT molecular complexity index is 3420. The molecule has 0 spiro atoms. The third-order valence-corrected chi connectivity index (χ3v) is 16.3. The van der Waals surface area contributed by atoms with Crippen LogP contribution in [0.1, 0.15) is 171 Å². The first-order valence-corrected chi connectivity index (χ1v) is 31.2. The summed E-state index contributed by atoms with van der Waals surface area (Å²) in [5, 5.41) is 0. The zero-order valence-corrected chi connectivity index (χ0v) is 56.5. The van der Waals surface area contributed by atoms with E-state index in [4.69, 9.17) is 19.4 Å². The van der Waals surface area contributed by atoms with Gasteiger partial charge >= 0.3 is 0 Å². The van der Waals surface area contributed by atoms with Gasteiger partial charge in [0.25, 0.3) is 0 Å². The number of hydrogen-bond donors (Lipinski definition) is 2. The van der Waals surface area contributed by atoms with Gasteiger partial charge in [-0.3, -0.25) is 18.6 Å². The molecule has 5 heterocycles. The first-order valence-electron chi connectivity index (χ1n) is 31.2. The van der Waals surface area contributed by atoms with Crippen molar-refractivity contribution in [1.82, 2.24) is 28.9 Å². The van der Waals surface area contributed by atoms with Crippen LogP contribution in [0.2, 0.25) is 0 Å². The summed E-state index contributed by atoms with van der Waals surface area (Å²) in [6.45, 7) is 5.79. The molecule has 0 fully saturated rings. The summed E-state index contributed by atoms with van der Waals surface area (Å²) >= 11 is 0. The number of quaternary nitrogens is 2. The van der Waals surface area contributed by atoms with E-state index in [0.717, 1.165) is 115 Å². The number of nitrogens with one attached hydrogen (secondary N) is 2. The smallest absolute Gasteiger partial charge is 0.167 e. The first-order chi connectivity index (χ1) is 40.7. The van der Waals surface area contributed by atoms with Crippen molar-refractivity contribution in [3.8, 4) is 33.8 Å². The Morgan fingerprint density at radius 3 is 1.14 bits per heavy atom. The van der Waals surface area contributed by atoms with Gasteiger partial charge in [-0.05, 0) is 109 Å². The van der Waals surface area contributed by atoms with E-state index >= 15 is 0 Å². The van der Waals surface area contributed by atoms with Crippen LogP contribution >= 0.6 is 0 Å². The highest BCUT2D eigenvalue weighted by Gasteiger charge is 2.23. The molecule has 0 unspecified atom stereocenters. The molecule has 0 radical (unpaired) electrons. The third kappa shape index (κ3) is 18.0. The summed E-state index contributed by atoms with van der Waals surface area (Å²) in [5.41, 5.74) is 14.5. The maximum atomic E-state index is 14.8. The highest BCUT2D eigenvalue weighted by molar-refractivity contribution is 6.02. The van der Waals surface area contributed by atoms with Gasteiger partial charge in [0.2, 0.25) is 0 Å². The van der Waals surface area contributed by atoms with Crippen molar-refractivity contribution in [2.45, 2.75) is 129 Å². The van der Waals surface area contributed by atoms with Crippen LogP contribution in [-0.4, -0.2) is 87.0 Å². The minimum atomic E-state index is -0.00957. The summed E-state index contributed by atoms with van der Waals surface area (Å²) < 4.78 is 14.1. The molecule has 9 rings (SSSR count). The van der Waals surface area contributed by atoms with Crippen LogP contribution in [-0.2, 0) is 12.8 Å². The van der Waals surface area contributed by atoms with E-state index < -0.39 is 0 Å². The predicted molar refractivity (Wildman–Crippen MR) is 354 cm³/mol. The van der Waals surface area contributed by atoms with Gasteiger partial charge in [-0.15, -0.1) is 0 Å². The number of unbranched alkanes of at least 4 members (excludes halogenated alkanes) is 14. The number of ketones is 2. The number of benzene rings is 4. The van der Waals surface area contributed by atoms with Crippen molar-refractivity contribution in [3.63, 3.8) is 0 Å².